The molecule has 0 N–H and O–H groups in total. The van der Waals surface area contributed by atoms with Crippen molar-refractivity contribution in [1.29, 1.82) is 0 Å². The van der Waals surface area contributed by atoms with Gasteiger partial charge in [0.15, 0.2) is 0 Å². The lowest BCUT2D eigenvalue weighted by atomic mass is 9.77. The zero-order valence-electron chi connectivity index (χ0n) is 23.3. The highest BCUT2D eigenvalue weighted by Gasteiger charge is 2.51. The molecule has 0 radical (unpaired) electrons. The van der Waals surface area contributed by atoms with Gasteiger partial charge in [0, 0.05) is 22.1 Å². The van der Waals surface area contributed by atoms with Gasteiger partial charge in [0.25, 0.3) is 0 Å². The molecular formula is C35H31BN2O2. The molecule has 1 aliphatic rings. The molecule has 0 amide bonds. The highest BCUT2D eigenvalue weighted by Crippen LogP contribution is 2.41. The molecule has 1 aliphatic heterocycles. The largest absolute Gasteiger partial charge is 0.494 e. The van der Waals surface area contributed by atoms with Crippen LogP contribution in [0, 0.1) is 0 Å². The van der Waals surface area contributed by atoms with Crippen LogP contribution < -0.4 is 5.46 Å². The zero-order valence-corrected chi connectivity index (χ0v) is 23.3. The molecule has 196 valence electrons. The number of fused-ring (bicyclic) bond motifs is 3. The first-order valence-corrected chi connectivity index (χ1v) is 13.8. The molecule has 4 aromatic carbocycles. The predicted molar refractivity (Wildman–Crippen MR) is 165 cm³/mol. The van der Waals surface area contributed by atoms with Crippen molar-refractivity contribution >= 4 is 28.9 Å². The van der Waals surface area contributed by atoms with Crippen LogP contribution in [-0.2, 0) is 9.31 Å². The second-order valence-corrected chi connectivity index (χ2v) is 11.5. The molecular weight excluding hydrogens is 491 g/mol. The predicted octanol–water partition coefficient (Wildman–Crippen LogP) is 7.79. The van der Waals surface area contributed by atoms with E-state index in [1.807, 2.05) is 12.1 Å². The lowest BCUT2D eigenvalue weighted by Gasteiger charge is -2.32. The quantitative estimate of drug-likeness (QED) is 0.222. The third-order valence-electron chi connectivity index (χ3n) is 8.44. The molecule has 4 nitrogen and oxygen atoms in total. The Morgan fingerprint density at radius 3 is 1.93 bits per heavy atom. The fourth-order valence-corrected chi connectivity index (χ4v) is 5.59. The molecule has 0 aliphatic carbocycles. The highest BCUT2D eigenvalue weighted by molar-refractivity contribution is 6.62. The first kappa shape index (κ1) is 24.8. The van der Waals surface area contributed by atoms with Crippen LogP contribution in [0.5, 0.6) is 0 Å². The van der Waals surface area contributed by atoms with Crippen molar-refractivity contribution < 1.29 is 9.31 Å². The van der Waals surface area contributed by atoms with E-state index in [0.29, 0.717) is 0 Å². The van der Waals surface area contributed by atoms with Crippen molar-refractivity contribution in [2.24, 2.45) is 0 Å². The highest BCUT2D eigenvalue weighted by atomic mass is 16.7. The minimum atomic E-state index is -0.441. The number of hydrogen-bond donors (Lipinski definition) is 0. The lowest BCUT2D eigenvalue weighted by Crippen LogP contribution is -2.41. The summed E-state index contributed by atoms with van der Waals surface area (Å²) in [6.07, 6.45) is 0. The van der Waals surface area contributed by atoms with Crippen LogP contribution in [0.25, 0.3) is 49.9 Å². The first-order valence-electron chi connectivity index (χ1n) is 13.8. The van der Waals surface area contributed by atoms with Crippen LogP contribution in [0.15, 0.2) is 115 Å². The van der Waals surface area contributed by atoms with Gasteiger partial charge in [-0.1, -0.05) is 109 Å². The Hall–Kier alpha value is -4.19. The Kier molecular flexibility index (Phi) is 5.70. The topological polar surface area (TPSA) is 35.8 Å². The third-order valence-corrected chi connectivity index (χ3v) is 8.44. The van der Waals surface area contributed by atoms with Crippen molar-refractivity contribution in [3.8, 4) is 33.6 Å². The summed E-state index contributed by atoms with van der Waals surface area (Å²) in [5.41, 5.74) is 7.64. The van der Waals surface area contributed by atoms with E-state index in [0.717, 1.165) is 50.0 Å². The zero-order chi connectivity index (χ0) is 27.5. The average Bonchev–Trinajstić information content (AvgIpc) is 3.48. The number of nitrogens with zero attached hydrogens (tertiary/aromatic N) is 2. The average molecular weight is 522 g/mol. The smallest absolute Gasteiger partial charge is 0.399 e. The van der Waals surface area contributed by atoms with Gasteiger partial charge in [-0.25, -0.2) is 4.52 Å². The Labute approximate surface area is 235 Å². The summed E-state index contributed by atoms with van der Waals surface area (Å²) in [5.74, 6) is 0. The first-order chi connectivity index (χ1) is 19.3. The fourth-order valence-electron chi connectivity index (χ4n) is 5.59. The maximum atomic E-state index is 6.43. The molecule has 3 heterocycles. The Morgan fingerprint density at radius 2 is 1.23 bits per heavy atom. The van der Waals surface area contributed by atoms with Crippen molar-refractivity contribution in [2.45, 2.75) is 38.9 Å². The van der Waals surface area contributed by atoms with Gasteiger partial charge in [0.1, 0.15) is 5.69 Å². The Morgan fingerprint density at radius 1 is 0.625 bits per heavy atom. The van der Waals surface area contributed by atoms with Gasteiger partial charge in [0.05, 0.1) is 22.4 Å². The van der Waals surface area contributed by atoms with Crippen molar-refractivity contribution in [2.75, 3.05) is 0 Å². The van der Waals surface area contributed by atoms with Crippen molar-refractivity contribution in [3.05, 3.63) is 115 Å². The van der Waals surface area contributed by atoms with Crippen LogP contribution in [-0.4, -0.2) is 27.9 Å². The van der Waals surface area contributed by atoms with Gasteiger partial charge < -0.3 is 9.31 Å². The second-order valence-electron chi connectivity index (χ2n) is 11.5. The van der Waals surface area contributed by atoms with Crippen LogP contribution >= 0.6 is 0 Å². The van der Waals surface area contributed by atoms with Gasteiger partial charge in [-0.2, -0.15) is 5.10 Å². The molecule has 0 bridgehead atoms. The van der Waals surface area contributed by atoms with Crippen molar-refractivity contribution in [3.63, 3.8) is 0 Å². The van der Waals surface area contributed by atoms with Crippen LogP contribution in [0.3, 0.4) is 0 Å². The van der Waals surface area contributed by atoms with Crippen LogP contribution in [0.1, 0.15) is 27.7 Å². The number of rotatable bonds is 4. The maximum absolute atomic E-state index is 6.43. The SMILES string of the molecule is CC1(C)OB(c2cccc(-c3c(-c4ccccc4)nn4c(-c5ccccc5)cc5ccccc5c34)c2)OC1(C)C. The summed E-state index contributed by atoms with van der Waals surface area (Å²) in [6.45, 7) is 8.36. The maximum Gasteiger partial charge on any atom is 0.494 e. The molecule has 0 spiro atoms. The molecule has 5 heteroatoms. The molecule has 1 saturated heterocycles. The summed E-state index contributed by atoms with van der Waals surface area (Å²) < 4.78 is 15.0. The molecule has 7 rings (SSSR count). The van der Waals surface area contributed by atoms with E-state index < -0.39 is 18.3 Å². The number of aromatic nitrogens is 2. The third kappa shape index (κ3) is 3.97. The molecule has 2 aromatic heterocycles. The van der Waals surface area contributed by atoms with Gasteiger partial charge in [-0.05, 0) is 50.2 Å². The van der Waals surface area contributed by atoms with E-state index in [1.165, 1.54) is 5.39 Å². The normalized spacial score (nSPS) is 16.1. The van der Waals surface area contributed by atoms with E-state index >= 15 is 0 Å². The van der Waals surface area contributed by atoms with Gasteiger partial charge in [-0.3, -0.25) is 0 Å². The van der Waals surface area contributed by atoms with E-state index in [-0.39, 0.29) is 0 Å². The number of hydrogen-bond acceptors (Lipinski definition) is 3. The minimum absolute atomic E-state index is 0.409. The van der Waals surface area contributed by atoms with Gasteiger partial charge in [-0.15, -0.1) is 0 Å². The van der Waals surface area contributed by atoms with Crippen LogP contribution in [0.2, 0.25) is 0 Å². The monoisotopic (exact) mass is 522 g/mol. The molecule has 0 saturated carbocycles. The Bertz CT molecular complexity index is 1840. The van der Waals surface area contributed by atoms with E-state index in [2.05, 4.69) is 135 Å². The van der Waals surface area contributed by atoms with E-state index in [4.69, 9.17) is 14.4 Å². The molecule has 40 heavy (non-hydrogen) atoms. The molecule has 0 atom stereocenters. The Balaban J connectivity index is 1.53. The molecule has 0 unspecified atom stereocenters. The summed E-state index contributed by atoms with van der Waals surface area (Å²) in [6, 6.07) is 40.3. The molecule has 6 aromatic rings. The molecule has 1 fully saturated rings. The minimum Gasteiger partial charge on any atom is -0.399 e. The lowest BCUT2D eigenvalue weighted by molar-refractivity contribution is 0.00578. The fraction of sp³-hybridized carbons (Fsp3) is 0.171. The summed E-state index contributed by atoms with van der Waals surface area (Å²) >= 11 is 0. The second kappa shape index (κ2) is 9.19. The van der Waals surface area contributed by atoms with E-state index in [9.17, 15) is 0 Å². The van der Waals surface area contributed by atoms with Crippen LogP contribution in [0.4, 0.5) is 0 Å². The van der Waals surface area contributed by atoms with Gasteiger partial charge >= 0.3 is 7.12 Å². The van der Waals surface area contributed by atoms with Gasteiger partial charge in [0.2, 0.25) is 0 Å². The van der Waals surface area contributed by atoms with E-state index in [1.54, 1.807) is 0 Å². The number of benzene rings is 4. The number of pyridine rings is 1. The summed E-state index contributed by atoms with van der Waals surface area (Å²) in [4.78, 5) is 0. The summed E-state index contributed by atoms with van der Waals surface area (Å²) in [7, 11) is -0.441. The van der Waals surface area contributed by atoms with Crippen molar-refractivity contribution in [1.82, 2.24) is 9.61 Å². The summed E-state index contributed by atoms with van der Waals surface area (Å²) in [5, 5.41) is 7.65. The standard InChI is InChI=1S/C35H31BN2O2/c1-34(2)35(3,4)40-36(39-34)28-20-13-19-27(22-28)31-32(25-16-9-6-10-17-25)37-38-30(24-14-7-5-8-15-24)23-26-18-11-12-21-29(26)33(31)38/h5-23H,1-4H3.